The number of piperazine rings is 1. The number of carbonyl (C=O) groups excluding carboxylic acids is 2. The molecule has 0 saturated carbocycles. The molecule has 1 saturated heterocycles. The topological polar surface area (TPSA) is 113 Å². The number of carbonyl (C=O) groups is 2. The normalized spacial score (nSPS) is 16.9. The van der Waals surface area contributed by atoms with Gasteiger partial charge >= 0.3 is 0 Å². The summed E-state index contributed by atoms with van der Waals surface area (Å²) in [5.74, 6) is -0.712. The number of amides is 2. The van der Waals surface area contributed by atoms with Gasteiger partial charge < -0.3 is 11.1 Å². The van der Waals surface area contributed by atoms with Crippen molar-refractivity contribution in [1.29, 1.82) is 0 Å². The Labute approximate surface area is 135 Å². The average Bonchev–Trinajstić information content (AvgIpc) is 2.47. The molecule has 1 heterocycles. The number of hydrogen-bond acceptors (Lipinski definition) is 5. The Balaban J connectivity index is 1.83. The van der Waals surface area contributed by atoms with Crippen molar-refractivity contribution in [2.45, 2.75) is 0 Å². The first-order valence-corrected chi connectivity index (χ1v) is 8.98. The van der Waals surface area contributed by atoms with Gasteiger partial charge in [-0.3, -0.25) is 14.5 Å². The fourth-order valence-corrected chi connectivity index (χ4v) is 3.17. The van der Waals surface area contributed by atoms with Gasteiger partial charge in [0.15, 0.2) is 0 Å². The van der Waals surface area contributed by atoms with Gasteiger partial charge in [0.25, 0.3) is 0 Å². The molecule has 8 nitrogen and oxygen atoms in total. The average molecular weight is 340 g/mol. The molecule has 9 heteroatoms. The Kier molecular flexibility index (Phi) is 5.34. The molecule has 1 aliphatic heterocycles. The maximum absolute atomic E-state index is 12.0. The lowest BCUT2D eigenvalue weighted by molar-refractivity contribution is -0.117. The van der Waals surface area contributed by atoms with Gasteiger partial charge in [0.05, 0.1) is 12.8 Å². The zero-order chi connectivity index (χ0) is 17.0. The molecule has 1 aromatic rings. The van der Waals surface area contributed by atoms with Crippen LogP contribution in [0.4, 0.5) is 5.69 Å². The minimum Gasteiger partial charge on any atom is -0.366 e. The summed E-state index contributed by atoms with van der Waals surface area (Å²) < 4.78 is 24.3. The SMILES string of the molecule is CS(=O)(=O)N1CCN(CC(=O)Nc2ccc(C(N)=O)cc2)CC1. The van der Waals surface area contributed by atoms with E-state index in [0.717, 1.165) is 0 Å². The van der Waals surface area contributed by atoms with Gasteiger partial charge in [-0.15, -0.1) is 0 Å². The van der Waals surface area contributed by atoms with Gasteiger partial charge in [-0.2, -0.15) is 4.31 Å². The summed E-state index contributed by atoms with van der Waals surface area (Å²) >= 11 is 0. The third-order valence-corrected chi connectivity index (χ3v) is 4.92. The number of nitrogens with one attached hydrogen (secondary N) is 1. The maximum Gasteiger partial charge on any atom is 0.248 e. The fourth-order valence-electron chi connectivity index (χ4n) is 2.34. The molecule has 0 unspecified atom stereocenters. The van der Waals surface area contributed by atoms with E-state index in [2.05, 4.69) is 5.32 Å². The molecule has 2 rings (SSSR count). The van der Waals surface area contributed by atoms with Crippen molar-refractivity contribution in [2.24, 2.45) is 5.73 Å². The van der Waals surface area contributed by atoms with E-state index in [1.807, 2.05) is 4.90 Å². The Hall–Kier alpha value is -1.97. The number of rotatable bonds is 5. The number of nitrogens with zero attached hydrogens (tertiary/aromatic N) is 2. The minimum absolute atomic E-state index is 0.190. The first-order chi connectivity index (χ1) is 10.8. The number of benzene rings is 1. The third-order valence-electron chi connectivity index (χ3n) is 3.62. The van der Waals surface area contributed by atoms with Gasteiger partial charge in [0.2, 0.25) is 21.8 Å². The molecule has 0 radical (unpaired) electrons. The van der Waals surface area contributed by atoms with Crippen LogP contribution in [-0.2, 0) is 14.8 Å². The van der Waals surface area contributed by atoms with Crippen molar-refractivity contribution in [3.63, 3.8) is 0 Å². The largest absolute Gasteiger partial charge is 0.366 e. The van der Waals surface area contributed by atoms with Crippen molar-refractivity contribution < 1.29 is 18.0 Å². The van der Waals surface area contributed by atoms with E-state index in [0.29, 0.717) is 37.4 Å². The summed E-state index contributed by atoms with van der Waals surface area (Å²) in [7, 11) is -3.17. The van der Waals surface area contributed by atoms with Crippen LogP contribution in [0.2, 0.25) is 0 Å². The highest BCUT2D eigenvalue weighted by Gasteiger charge is 2.24. The van der Waals surface area contributed by atoms with E-state index in [9.17, 15) is 18.0 Å². The van der Waals surface area contributed by atoms with Crippen LogP contribution in [0.1, 0.15) is 10.4 Å². The van der Waals surface area contributed by atoms with Crippen LogP contribution in [-0.4, -0.2) is 68.4 Å². The fraction of sp³-hybridized carbons (Fsp3) is 0.429. The number of nitrogens with two attached hydrogens (primary N) is 1. The predicted molar refractivity (Wildman–Crippen MR) is 86.4 cm³/mol. The maximum atomic E-state index is 12.0. The van der Waals surface area contributed by atoms with E-state index in [1.54, 1.807) is 24.3 Å². The van der Waals surface area contributed by atoms with Crippen LogP contribution >= 0.6 is 0 Å². The molecule has 0 aliphatic carbocycles. The van der Waals surface area contributed by atoms with Crippen molar-refractivity contribution >= 4 is 27.5 Å². The monoisotopic (exact) mass is 340 g/mol. The molecule has 0 aromatic heterocycles. The molecule has 3 N–H and O–H groups in total. The smallest absolute Gasteiger partial charge is 0.248 e. The second kappa shape index (κ2) is 7.07. The highest BCUT2D eigenvalue weighted by atomic mass is 32.2. The summed E-state index contributed by atoms with van der Waals surface area (Å²) in [4.78, 5) is 24.9. The molecule has 1 fully saturated rings. The molecular weight excluding hydrogens is 320 g/mol. The standard InChI is InChI=1S/C14H20N4O4S/c1-23(21,22)18-8-6-17(7-9-18)10-13(19)16-12-4-2-11(3-5-12)14(15)20/h2-5H,6-10H2,1H3,(H2,15,20)(H,16,19). The zero-order valence-corrected chi connectivity index (χ0v) is 13.7. The van der Waals surface area contributed by atoms with Crippen molar-refractivity contribution in [3.05, 3.63) is 29.8 Å². The van der Waals surface area contributed by atoms with Gasteiger partial charge in [-0.05, 0) is 24.3 Å². The molecule has 0 atom stereocenters. The highest BCUT2D eigenvalue weighted by molar-refractivity contribution is 7.88. The first kappa shape index (κ1) is 17.4. The number of primary amides is 1. The Morgan fingerprint density at radius 1 is 1.13 bits per heavy atom. The summed E-state index contributed by atoms with van der Waals surface area (Å²) in [6.07, 6.45) is 1.19. The van der Waals surface area contributed by atoms with Crippen molar-refractivity contribution in [3.8, 4) is 0 Å². The lowest BCUT2D eigenvalue weighted by Gasteiger charge is -2.32. The van der Waals surface area contributed by atoms with Crippen LogP contribution in [0.15, 0.2) is 24.3 Å². The van der Waals surface area contributed by atoms with E-state index in [-0.39, 0.29) is 12.5 Å². The van der Waals surface area contributed by atoms with Crippen molar-refractivity contribution in [1.82, 2.24) is 9.21 Å². The van der Waals surface area contributed by atoms with E-state index in [4.69, 9.17) is 5.73 Å². The Bertz CT molecular complexity index is 679. The second-order valence-corrected chi connectivity index (χ2v) is 7.41. The highest BCUT2D eigenvalue weighted by Crippen LogP contribution is 2.10. The number of hydrogen-bond donors (Lipinski definition) is 2. The molecule has 0 spiro atoms. The van der Waals surface area contributed by atoms with Crippen LogP contribution < -0.4 is 11.1 Å². The van der Waals surface area contributed by atoms with Crippen LogP contribution in [0.3, 0.4) is 0 Å². The van der Waals surface area contributed by atoms with Gasteiger partial charge in [0.1, 0.15) is 0 Å². The van der Waals surface area contributed by atoms with Crippen molar-refractivity contribution in [2.75, 3.05) is 44.3 Å². The van der Waals surface area contributed by atoms with E-state index in [1.165, 1.54) is 10.6 Å². The van der Waals surface area contributed by atoms with E-state index < -0.39 is 15.9 Å². The lowest BCUT2D eigenvalue weighted by Crippen LogP contribution is -2.50. The molecule has 0 bridgehead atoms. The minimum atomic E-state index is -3.17. The first-order valence-electron chi connectivity index (χ1n) is 7.13. The number of anilines is 1. The van der Waals surface area contributed by atoms with Gasteiger partial charge in [-0.25, -0.2) is 8.42 Å². The third kappa shape index (κ3) is 5.02. The zero-order valence-electron chi connectivity index (χ0n) is 12.9. The van der Waals surface area contributed by atoms with E-state index >= 15 is 0 Å². The summed E-state index contributed by atoms with van der Waals surface area (Å²) in [6.45, 7) is 2.00. The summed E-state index contributed by atoms with van der Waals surface area (Å²) in [5.41, 5.74) is 6.10. The molecule has 1 aromatic carbocycles. The molecular formula is C14H20N4O4S. The summed E-state index contributed by atoms with van der Waals surface area (Å²) in [5, 5.41) is 2.73. The second-order valence-electron chi connectivity index (χ2n) is 5.43. The lowest BCUT2D eigenvalue weighted by atomic mass is 10.2. The van der Waals surface area contributed by atoms with Gasteiger partial charge in [-0.1, -0.05) is 0 Å². The van der Waals surface area contributed by atoms with Crippen LogP contribution in [0.25, 0.3) is 0 Å². The molecule has 23 heavy (non-hydrogen) atoms. The quantitative estimate of drug-likeness (QED) is 0.736. The molecule has 126 valence electrons. The molecule has 1 aliphatic rings. The predicted octanol–water partition coefficient (Wildman–Crippen LogP) is -0.699. The Morgan fingerprint density at radius 3 is 2.17 bits per heavy atom. The van der Waals surface area contributed by atoms with Crippen LogP contribution in [0.5, 0.6) is 0 Å². The molecule has 2 amide bonds. The van der Waals surface area contributed by atoms with Crippen LogP contribution in [0, 0.1) is 0 Å². The summed E-state index contributed by atoms with van der Waals surface area (Å²) in [6, 6.07) is 6.31. The van der Waals surface area contributed by atoms with Gasteiger partial charge in [0, 0.05) is 37.4 Å². The number of sulfonamides is 1. The Morgan fingerprint density at radius 2 is 1.70 bits per heavy atom.